The molecular formula is C21H23N7O3. The maximum atomic E-state index is 12.7. The van der Waals surface area contributed by atoms with Gasteiger partial charge in [0.05, 0.1) is 18.5 Å². The van der Waals surface area contributed by atoms with Gasteiger partial charge in [-0.3, -0.25) is 4.98 Å². The standard InChI is InChI=1S/C21H23N7O3/c1-2-31-20(29)18-6-9-28(25-18)17-5-3-4-16(14-17)24-21(30)27-12-10-26(11-13-27)19-15-22-7-8-23-19/h3-9,14-15H,2,10-13H2,1H3,(H,24,30). The van der Waals surface area contributed by atoms with Gasteiger partial charge in [0.15, 0.2) is 5.69 Å². The molecule has 3 heterocycles. The van der Waals surface area contributed by atoms with E-state index in [-0.39, 0.29) is 11.7 Å². The van der Waals surface area contributed by atoms with Gasteiger partial charge in [0, 0.05) is 50.5 Å². The lowest BCUT2D eigenvalue weighted by atomic mass is 10.2. The summed E-state index contributed by atoms with van der Waals surface area (Å²) < 4.78 is 6.54. The summed E-state index contributed by atoms with van der Waals surface area (Å²) in [6.45, 7) is 4.59. The lowest BCUT2D eigenvalue weighted by molar-refractivity contribution is 0.0519. The van der Waals surface area contributed by atoms with Crippen LogP contribution in [0.4, 0.5) is 16.3 Å². The van der Waals surface area contributed by atoms with Crippen molar-refractivity contribution in [3.63, 3.8) is 0 Å². The molecule has 10 nitrogen and oxygen atoms in total. The number of rotatable bonds is 5. The first-order chi connectivity index (χ1) is 15.1. The number of urea groups is 1. The number of nitrogens with one attached hydrogen (secondary N) is 1. The molecule has 0 saturated carbocycles. The van der Waals surface area contributed by atoms with Crippen LogP contribution in [0.5, 0.6) is 0 Å². The zero-order valence-corrected chi connectivity index (χ0v) is 17.1. The van der Waals surface area contributed by atoms with Crippen LogP contribution in [0.15, 0.2) is 55.1 Å². The van der Waals surface area contributed by atoms with E-state index in [1.165, 1.54) is 0 Å². The molecule has 0 bridgehead atoms. The Labute approximate surface area is 179 Å². The van der Waals surface area contributed by atoms with E-state index in [2.05, 4.69) is 25.3 Å². The molecular weight excluding hydrogens is 398 g/mol. The van der Waals surface area contributed by atoms with Gasteiger partial charge in [-0.25, -0.2) is 19.3 Å². The molecule has 0 atom stereocenters. The molecule has 160 valence electrons. The lowest BCUT2D eigenvalue weighted by Gasteiger charge is -2.35. The number of anilines is 2. The van der Waals surface area contributed by atoms with Crippen molar-refractivity contribution in [1.29, 1.82) is 0 Å². The zero-order valence-electron chi connectivity index (χ0n) is 17.1. The number of carbonyl (C=O) groups is 2. The fourth-order valence-electron chi connectivity index (χ4n) is 3.30. The second-order valence-electron chi connectivity index (χ2n) is 6.88. The van der Waals surface area contributed by atoms with Gasteiger partial charge in [-0.05, 0) is 31.2 Å². The molecule has 1 aliphatic heterocycles. The highest BCUT2D eigenvalue weighted by molar-refractivity contribution is 5.90. The van der Waals surface area contributed by atoms with Crippen LogP contribution in [0.1, 0.15) is 17.4 Å². The van der Waals surface area contributed by atoms with Crippen molar-refractivity contribution < 1.29 is 14.3 Å². The molecule has 1 fully saturated rings. The first-order valence-electron chi connectivity index (χ1n) is 10.0. The maximum absolute atomic E-state index is 12.7. The second kappa shape index (κ2) is 9.24. The number of ether oxygens (including phenoxy) is 1. The summed E-state index contributed by atoms with van der Waals surface area (Å²) in [6, 6.07) is 8.71. The molecule has 3 aromatic rings. The quantitative estimate of drug-likeness (QED) is 0.630. The minimum Gasteiger partial charge on any atom is -0.461 e. The first-order valence-corrected chi connectivity index (χ1v) is 10.0. The van der Waals surface area contributed by atoms with Crippen molar-refractivity contribution in [2.75, 3.05) is 43.0 Å². The molecule has 2 amide bonds. The molecule has 0 aliphatic carbocycles. The predicted octanol–water partition coefficient (Wildman–Crippen LogP) is 2.19. The van der Waals surface area contributed by atoms with E-state index in [1.54, 1.807) is 53.4 Å². The summed E-state index contributed by atoms with van der Waals surface area (Å²) in [7, 11) is 0. The Hall–Kier alpha value is -3.95. The van der Waals surface area contributed by atoms with E-state index < -0.39 is 5.97 Å². The van der Waals surface area contributed by atoms with Crippen LogP contribution < -0.4 is 10.2 Å². The number of piperazine rings is 1. The smallest absolute Gasteiger partial charge is 0.358 e. The Bertz CT molecular complexity index is 1050. The Morgan fingerprint density at radius 3 is 2.71 bits per heavy atom. The summed E-state index contributed by atoms with van der Waals surface area (Å²) in [5, 5.41) is 7.18. The minimum atomic E-state index is -0.466. The molecule has 4 rings (SSSR count). The third-order valence-corrected chi connectivity index (χ3v) is 4.88. The van der Waals surface area contributed by atoms with Crippen LogP contribution in [0.2, 0.25) is 0 Å². The predicted molar refractivity (Wildman–Crippen MR) is 114 cm³/mol. The van der Waals surface area contributed by atoms with Gasteiger partial charge in [0.1, 0.15) is 5.82 Å². The molecule has 10 heteroatoms. The summed E-state index contributed by atoms with van der Waals surface area (Å²) in [5.41, 5.74) is 1.60. The van der Waals surface area contributed by atoms with Gasteiger partial charge >= 0.3 is 12.0 Å². The first kappa shape index (κ1) is 20.3. The van der Waals surface area contributed by atoms with Crippen molar-refractivity contribution in [2.24, 2.45) is 0 Å². The Morgan fingerprint density at radius 1 is 1.13 bits per heavy atom. The summed E-state index contributed by atoms with van der Waals surface area (Å²) in [4.78, 5) is 36.8. The van der Waals surface area contributed by atoms with E-state index in [0.717, 1.165) is 11.5 Å². The van der Waals surface area contributed by atoms with Crippen LogP contribution in [-0.2, 0) is 4.74 Å². The number of hydrogen-bond acceptors (Lipinski definition) is 7. The third-order valence-electron chi connectivity index (χ3n) is 4.88. The van der Waals surface area contributed by atoms with Crippen LogP contribution in [0, 0.1) is 0 Å². The number of nitrogens with zero attached hydrogens (tertiary/aromatic N) is 6. The fourth-order valence-corrected chi connectivity index (χ4v) is 3.30. The van der Waals surface area contributed by atoms with E-state index in [4.69, 9.17) is 4.74 Å². The Balaban J connectivity index is 1.37. The Morgan fingerprint density at radius 2 is 1.97 bits per heavy atom. The normalized spacial score (nSPS) is 13.7. The van der Waals surface area contributed by atoms with Crippen LogP contribution in [-0.4, -0.2) is 69.4 Å². The number of amides is 2. The molecule has 31 heavy (non-hydrogen) atoms. The fraction of sp³-hybridized carbons (Fsp3) is 0.286. The SMILES string of the molecule is CCOC(=O)c1ccn(-c2cccc(NC(=O)N3CCN(c4cnccn4)CC3)c2)n1. The van der Waals surface area contributed by atoms with E-state index in [0.29, 0.717) is 38.5 Å². The minimum absolute atomic E-state index is 0.163. The lowest BCUT2D eigenvalue weighted by Crippen LogP contribution is -2.50. The van der Waals surface area contributed by atoms with Gasteiger partial charge in [0.25, 0.3) is 0 Å². The average molecular weight is 421 g/mol. The largest absolute Gasteiger partial charge is 0.461 e. The maximum Gasteiger partial charge on any atom is 0.358 e. The number of esters is 1. The molecule has 0 radical (unpaired) electrons. The second-order valence-corrected chi connectivity index (χ2v) is 6.88. The number of carbonyl (C=O) groups excluding carboxylic acids is 2. The third kappa shape index (κ3) is 4.80. The van der Waals surface area contributed by atoms with Crippen molar-refractivity contribution >= 4 is 23.5 Å². The molecule has 1 aromatic carbocycles. The number of aromatic nitrogens is 4. The van der Waals surface area contributed by atoms with Crippen molar-refractivity contribution in [1.82, 2.24) is 24.6 Å². The van der Waals surface area contributed by atoms with Crippen LogP contribution >= 0.6 is 0 Å². The van der Waals surface area contributed by atoms with E-state index in [9.17, 15) is 9.59 Å². The number of hydrogen-bond donors (Lipinski definition) is 1. The molecule has 2 aromatic heterocycles. The molecule has 0 spiro atoms. The molecule has 1 saturated heterocycles. The monoisotopic (exact) mass is 421 g/mol. The van der Waals surface area contributed by atoms with Gasteiger partial charge in [0.2, 0.25) is 0 Å². The summed E-state index contributed by atoms with van der Waals surface area (Å²) >= 11 is 0. The highest BCUT2D eigenvalue weighted by Crippen LogP contribution is 2.17. The van der Waals surface area contributed by atoms with Crippen LogP contribution in [0.25, 0.3) is 5.69 Å². The molecule has 1 aliphatic rings. The van der Waals surface area contributed by atoms with Gasteiger partial charge in [-0.15, -0.1) is 0 Å². The van der Waals surface area contributed by atoms with Gasteiger partial charge in [-0.1, -0.05) is 6.07 Å². The van der Waals surface area contributed by atoms with Gasteiger partial charge in [-0.2, -0.15) is 5.10 Å². The Kier molecular flexibility index (Phi) is 6.06. The van der Waals surface area contributed by atoms with Crippen molar-refractivity contribution in [3.05, 3.63) is 60.8 Å². The zero-order chi connectivity index (χ0) is 21.6. The highest BCUT2D eigenvalue weighted by atomic mass is 16.5. The van der Waals surface area contributed by atoms with Gasteiger partial charge < -0.3 is 19.9 Å². The van der Waals surface area contributed by atoms with Crippen molar-refractivity contribution in [2.45, 2.75) is 6.92 Å². The number of benzene rings is 1. The van der Waals surface area contributed by atoms with Crippen molar-refractivity contribution in [3.8, 4) is 5.69 Å². The topological polar surface area (TPSA) is 105 Å². The van der Waals surface area contributed by atoms with E-state index in [1.807, 2.05) is 18.2 Å². The molecule has 1 N–H and O–H groups in total. The summed E-state index contributed by atoms with van der Waals surface area (Å²) in [5.74, 6) is 0.350. The highest BCUT2D eigenvalue weighted by Gasteiger charge is 2.22. The molecule has 0 unspecified atom stereocenters. The van der Waals surface area contributed by atoms with E-state index >= 15 is 0 Å². The summed E-state index contributed by atoms with van der Waals surface area (Å²) in [6.07, 6.45) is 6.71. The van der Waals surface area contributed by atoms with Crippen LogP contribution in [0.3, 0.4) is 0 Å². The average Bonchev–Trinajstić information content (AvgIpc) is 3.31.